The molecule has 4 aromatic rings. The molecule has 0 bridgehead atoms. The molecule has 0 saturated carbocycles. The summed E-state index contributed by atoms with van der Waals surface area (Å²) in [4.78, 5) is 6.09. The van der Waals surface area contributed by atoms with Crippen LogP contribution in [0.25, 0.3) is 31.8 Å². The molecule has 2 aromatic heterocycles. The lowest BCUT2D eigenvalue weighted by molar-refractivity contribution is 0.589. The van der Waals surface area contributed by atoms with Crippen molar-refractivity contribution in [3.05, 3.63) is 76.5 Å². The van der Waals surface area contributed by atoms with Crippen molar-refractivity contribution < 1.29 is 0 Å². The first kappa shape index (κ1) is 19.8. The van der Waals surface area contributed by atoms with Gasteiger partial charge in [-0.2, -0.15) is 0 Å². The molecular formula is C27H29NS. The average molecular weight is 400 g/mol. The molecule has 0 spiro atoms. The monoisotopic (exact) mass is 399 g/mol. The van der Waals surface area contributed by atoms with Gasteiger partial charge in [0.2, 0.25) is 0 Å². The van der Waals surface area contributed by atoms with Gasteiger partial charge in [-0.05, 0) is 79.6 Å². The van der Waals surface area contributed by atoms with Crippen LogP contribution in [0.15, 0.2) is 48.7 Å². The smallest absolute Gasteiger partial charge is 0.0716 e. The second kappa shape index (κ2) is 7.11. The fourth-order valence-corrected chi connectivity index (χ4v) is 5.37. The van der Waals surface area contributed by atoms with Crippen LogP contribution in [-0.4, -0.2) is 4.98 Å². The molecule has 29 heavy (non-hydrogen) atoms. The van der Waals surface area contributed by atoms with Gasteiger partial charge >= 0.3 is 0 Å². The molecule has 0 radical (unpaired) electrons. The van der Waals surface area contributed by atoms with Crippen LogP contribution in [-0.2, 0) is 5.41 Å². The highest BCUT2D eigenvalue weighted by Crippen LogP contribution is 2.39. The molecule has 0 aliphatic carbocycles. The number of nitrogens with zero attached hydrogens (tertiary/aromatic N) is 1. The summed E-state index contributed by atoms with van der Waals surface area (Å²) in [6, 6.07) is 15.9. The van der Waals surface area contributed by atoms with Gasteiger partial charge in [-0.3, -0.25) is 4.98 Å². The zero-order chi connectivity index (χ0) is 20.9. The van der Waals surface area contributed by atoms with Crippen LogP contribution in [0, 0.1) is 27.7 Å². The Bertz CT molecular complexity index is 1180. The van der Waals surface area contributed by atoms with Crippen molar-refractivity contribution in [3.8, 4) is 21.7 Å². The minimum atomic E-state index is 0.166. The second-order valence-electron chi connectivity index (χ2n) is 9.33. The molecule has 4 rings (SSSR count). The summed E-state index contributed by atoms with van der Waals surface area (Å²) in [7, 11) is 0. The van der Waals surface area contributed by atoms with E-state index in [1.165, 1.54) is 53.9 Å². The van der Waals surface area contributed by atoms with E-state index in [1.54, 1.807) is 0 Å². The number of aryl methyl sites for hydroxylation is 4. The lowest BCUT2D eigenvalue weighted by Gasteiger charge is -2.22. The Morgan fingerprint density at radius 3 is 1.97 bits per heavy atom. The molecule has 0 unspecified atom stereocenters. The van der Waals surface area contributed by atoms with Crippen LogP contribution in [0.5, 0.6) is 0 Å². The van der Waals surface area contributed by atoms with Gasteiger partial charge < -0.3 is 0 Å². The number of hydrogen-bond acceptors (Lipinski definition) is 2. The normalized spacial score (nSPS) is 12.0. The Labute approximate surface area is 178 Å². The summed E-state index contributed by atoms with van der Waals surface area (Å²) in [6.45, 7) is 15.6. The summed E-state index contributed by atoms with van der Waals surface area (Å²) in [5.74, 6) is 0. The molecule has 0 saturated heterocycles. The molecular weight excluding hydrogens is 370 g/mol. The van der Waals surface area contributed by atoms with E-state index in [2.05, 4.69) is 90.9 Å². The van der Waals surface area contributed by atoms with Crippen molar-refractivity contribution in [1.29, 1.82) is 0 Å². The van der Waals surface area contributed by atoms with E-state index in [4.69, 9.17) is 4.98 Å². The maximum absolute atomic E-state index is 4.76. The predicted molar refractivity (Wildman–Crippen MR) is 128 cm³/mol. The maximum Gasteiger partial charge on any atom is 0.0716 e. The minimum absolute atomic E-state index is 0.166. The van der Waals surface area contributed by atoms with Gasteiger partial charge in [0.1, 0.15) is 0 Å². The quantitative estimate of drug-likeness (QED) is 0.331. The molecule has 0 aliphatic heterocycles. The summed E-state index contributed by atoms with van der Waals surface area (Å²) in [5.41, 5.74) is 10.4. The number of aromatic nitrogens is 1. The van der Waals surface area contributed by atoms with Crippen LogP contribution in [0.1, 0.15) is 48.6 Å². The highest BCUT2D eigenvalue weighted by atomic mass is 32.1. The third-order valence-corrected chi connectivity index (χ3v) is 6.68. The first-order valence-electron chi connectivity index (χ1n) is 10.2. The zero-order valence-electron chi connectivity index (χ0n) is 18.5. The van der Waals surface area contributed by atoms with Crippen molar-refractivity contribution in [3.63, 3.8) is 0 Å². The van der Waals surface area contributed by atoms with E-state index in [-0.39, 0.29) is 5.41 Å². The largest absolute Gasteiger partial charge is 0.256 e. The lowest BCUT2D eigenvalue weighted by atomic mass is 9.83. The molecule has 0 fully saturated rings. The Hall–Kier alpha value is -2.45. The molecule has 1 nitrogen and oxygen atoms in total. The number of thiophene rings is 1. The SMILES string of the molecule is Cc1cc(C)cc(-c2cc3sc(-c4c(C)cc(C(C)(C)C)cc4C)cc3cn2)c1. The third-order valence-electron chi connectivity index (χ3n) is 5.56. The van der Waals surface area contributed by atoms with Gasteiger partial charge in [0.15, 0.2) is 0 Å². The van der Waals surface area contributed by atoms with Crippen molar-refractivity contribution in [2.75, 3.05) is 0 Å². The summed E-state index contributed by atoms with van der Waals surface area (Å²) >= 11 is 1.87. The molecule has 0 aliphatic rings. The Balaban J connectivity index is 1.81. The van der Waals surface area contributed by atoms with Crippen molar-refractivity contribution in [2.24, 2.45) is 0 Å². The summed E-state index contributed by atoms with van der Waals surface area (Å²) < 4.78 is 1.29. The molecule has 0 atom stereocenters. The maximum atomic E-state index is 4.76. The van der Waals surface area contributed by atoms with Gasteiger partial charge in [0, 0.05) is 26.7 Å². The van der Waals surface area contributed by atoms with Crippen LogP contribution in [0.4, 0.5) is 0 Å². The van der Waals surface area contributed by atoms with Crippen molar-refractivity contribution in [2.45, 2.75) is 53.9 Å². The van der Waals surface area contributed by atoms with E-state index in [1.807, 2.05) is 17.5 Å². The van der Waals surface area contributed by atoms with Crippen LogP contribution < -0.4 is 0 Å². The summed E-state index contributed by atoms with van der Waals surface area (Å²) in [6.07, 6.45) is 2.02. The van der Waals surface area contributed by atoms with Crippen molar-refractivity contribution in [1.82, 2.24) is 4.98 Å². The minimum Gasteiger partial charge on any atom is -0.256 e. The third kappa shape index (κ3) is 3.86. The van der Waals surface area contributed by atoms with Crippen LogP contribution in [0.2, 0.25) is 0 Å². The van der Waals surface area contributed by atoms with E-state index in [9.17, 15) is 0 Å². The molecule has 148 valence electrons. The predicted octanol–water partition coefficient (Wildman–Crippen LogP) is 8.16. The highest BCUT2D eigenvalue weighted by Gasteiger charge is 2.18. The number of hydrogen-bond donors (Lipinski definition) is 0. The molecule has 0 N–H and O–H groups in total. The molecule has 2 heterocycles. The molecule has 0 amide bonds. The van der Waals surface area contributed by atoms with Gasteiger partial charge in [0.25, 0.3) is 0 Å². The number of fused-ring (bicyclic) bond motifs is 1. The number of rotatable bonds is 2. The number of pyridine rings is 1. The topological polar surface area (TPSA) is 12.9 Å². The first-order chi connectivity index (χ1) is 13.6. The fourth-order valence-electron chi connectivity index (χ4n) is 4.12. The van der Waals surface area contributed by atoms with Crippen LogP contribution >= 0.6 is 11.3 Å². The highest BCUT2D eigenvalue weighted by molar-refractivity contribution is 7.22. The van der Waals surface area contributed by atoms with E-state index in [0.717, 1.165) is 5.69 Å². The Kier molecular flexibility index (Phi) is 4.86. The Morgan fingerprint density at radius 2 is 1.38 bits per heavy atom. The van der Waals surface area contributed by atoms with Crippen LogP contribution in [0.3, 0.4) is 0 Å². The van der Waals surface area contributed by atoms with Gasteiger partial charge in [-0.15, -0.1) is 11.3 Å². The van der Waals surface area contributed by atoms with E-state index in [0.29, 0.717) is 0 Å². The van der Waals surface area contributed by atoms with Gasteiger partial charge in [0.05, 0.1) is 5.69 Å². The standard InChI is InChI=1S/C27H29NS/c1-16-8-17(2)10-20(9-16)23-14-24-21(15-28-23)13-25(29-24)26-18(3)11-22(12-19(26)4)27(5,6)7/h8-15H,1-7H3. The van der Waals surface area contributed by atoms with Gasteiger partial charge in [-0.1, -0.05) is 50.1 Å². The average Bonchev–Trinajstić information content (AvgIpc) is 3.02. The lowest BCUT2D eigenvalue weighted by Crippen LogP contribution is -2.11. The first-order valence-corrected chi connectivity index (χ1v) is 11.0. The second-order valence-corrected chi connectivity index (χ2v) is 10.4. The Morgan fingerprint density at radius 1 is 0.759 bits per heavy atom. The van der Waals surface area contributed by atoms with Gasteiger partial charge in [-0.25, -0.2) is 0 Å². The molecule has 2 heteroatoms. The van der Waals surface area contributed by atoms with E-state index >= 15 is 0 Å². The fraction of sp³-hybridized carbons (Fsp3) is 0.296. The van der Waals surface area contributed by atoms with E-state index < -0.39 is 0 Å². The molecule has 2 aromatic carbocycles. The van der Waals surface area contributed by atoms with Crippen molar-refractivity contribution >= 4 is 21.4 Å². The zero-order valence-corrected chi connectivity index (χ0v) is 19.3. The summed E-state index contributed by atoms with van der Waals surface area (Å²) in [5, 5.41) is 1.22. The number of benzene rings is 2.